The molecule has 1 aliphatic rings. The fraction of sp³-hybridized carbons (Fsp3) is 0.500. The Labute approximate surface area is 130 Å². The van der Waals surface area contributed by atoms with Gasteiger partial charge in [0.25, 0.3) is 0 Å². The van der Waals surface area contributed by atoms with Gasteiger partial charge < -0.3 is 21.1 Å². The van der Waals surface area contributed by atoms with E-state index < -0.39 is 5.91 Å². The molecule has 0 aromatic heterocycles. The van der Waals surface area contributed by atoms with Gasteiger partial charge in [-0.2, -0.15) is 0 Å². The first-order valence-corrected chi connectivity index (χ1v) is 7.65. The van der Waals surface area contributed by atoms with Crippen molar-refractivity contribution in [3.05, 3.63) is 29.8 Å². The Morgan fingerprint density at radius 2 is 2.27 bits per heavy atom. The van der Waals surface area contributed by atoms with Crippen molar-refractivity contribution in [2.45, 2.75) is 19.3 Å². The number of carbonyl (C=O) groups excluding carboxylic acids is 2. The molecule has 1 saturated heterocycles. The summed E-state index contributed by atoms with van der Waals surface area (Å²) in [5.74, 6) is 0.704. The number of primary amides is 1. The summed E-state index contributed by atoms with van der Waals surface area (Å²) in [4.78, 5) is 22.8. The van der Waals surface area contributed by atoms with Crippen molar-refractivity contribution >= 4 is 11.8 Å². The second kappa shape index (κ2) is 8.38. The quantitative estimate of drug-likeness (QED) is 0.658. The van der Waals surface area contributed by atoms with Gasteiger partial charge in [-0.1, -0.05) is 6.07 Å². The monoisotopic (exact) mass is 305 g/mol. The van der Waals surface area contributed by atoms with Crippen LogP contribution in [0.1, 0.15) is 29.6 Å². The fourth-order valence-electron chi connectivity index (χ4n) is 2.47. The lowest BCUT2D eigenvalue weighted by molar-refractivity contribution is -0.121. The Hall–Kier alpha value is -2.08. The van der Waals surface area contributed by atoms with Gasteiger partial charge in [0, 0.05) is 12.1 Å². The summed E-state index contributed by atoms with van der Waals surface area (Å²) in [5, 5.41) is 6.21. The highest BCUT2D eigenvalue weighted by Crippen LogP contribution is 2.13. The van der Waals surface area contributed by atoms with Crippen molar-refractivity contribution < 1.29 is 14.3 Å². The van der Waals surface area contributed by atoms with E-state index in [4.69, 9.17) is 10.5 Å². The topological polar surface area (TPSA) is 93.5 Å². The van der Waals surface area contributed by atoms with Crippen molar-refractivity contribution in [2.24, 2.45) is 11.7 Å². The molecular formula is C16H23N3O3. The SMILES string of the molecule is NC(=O)c1cccc(OCCC(=O)NCCC2CCNC2)c1. The van der Waals surface area contributed by atoms with E-state index in [9.17, 15) is 9.59 Å². The van der Waals surface area contributed by atoms with Gasteiger partial charge in [0.2, 0.25) is 11.8 Å². The Balaban J connectivity index is 1.62. The average molecular weight is 305 g/mol. The average Bonchev–Trinajstić information content (AvgIpc) is 3.01. The highest BCUT2D eigenvalue weighted by Gasteiger charge is 2.14. The van der Waals surface area contributed by atoms with Crippen LogP contribution in [0, 0.1) is 5.92 Å². The summed E-state index contributed by atoms with van der Waals surface area (Å²) in [5.41, 5.74) is 5.60. The van der Waals surface area contributed by atoms with Crippen molar-refractivity contribution in [3.8, 4) is 5.75 Å². The van der Waals surface area contributed by atoms with Crippen LogP contribution in [0.2, 0.25) is 0 Å². The molecular weight excluding hydrogens is 282 g/mol. The molecule has 6 nitrogen and oxygen atoms in total. The molecule has 6 heteroatoms. The van der Waals surface area contributed by atoms with E-state index >= 15 is 0 Å². The highest BCUT2D eigenvalue weighted by atomic mass is 16.5. The normalized spacial score (nSPS) is 17.2. The maximum atomic E-state index is 11.7. The zero-order valence-electron chi connectivity index (χ0n) is 12.6. The zero-order chi connectivity index (χ0) is 15.8. The largest absolute Gasteiger partial charge is 0.493 e. The first kappa shape index (κ1) is 16.3. The minimum atomic E-state index is -0.496. The molecule has 0 spiro atoms. The third-order valence-electron chi connectivity index (χ3n) is 3.75. The van der Waals surface area contributed by atoms with E-state index in [1.54, 1.807) is 24.3 Å². The van der Waals surface area contributed by atoms with Gasteiger partial charge >= 0.3 is 0 Å². The molecule has 22 heavy (non-hydrogen) atoms. The van der Waals surface area contributed by atoms with Gasteiger partial charge in [0.15, 0.2) is 0 Å². The Kier molecular flexibility index (Phi) is 6.21. The van der Waals surface area contributed by atoms with Gasteiger partial charge in [0.1, 0.15) is 5.75 Å². The maximum Gasteiger partial charge on any atom is 0.248 e. The molecule has 1 unspecified atom stereocenters. The van der Waals surface area contributed by atoms with Gasteiger partial charge in [-0.3, -0.25) is 9.59 Å². The third kappa shape index (κ3) is 5.37. The van der Waals surface area contributed by atoms with Crippen LogP contribution in [0.3, 0.4) is 0 Å². The van der Waals surface area contributed by atoms with Gasteiger partial charge in [-0.15, -0.1) is 0 Å². The molecule has 4 N–H and O–H groups in total. The second-order valence-electron chi connectivity index (χ2n) is 5.49. The maximum absolute atomic E-state index is 11.7. The number of benzene rings is 1. The highest BCUT2D eigenvalue weighted by molar-refractivity contribution is 5.93. The summed E-state index contributed by atoms with van der Waals surface area (Å²) >= 11 is 0. The van der Waals surface area contributed by atoms with E-state index in [0.717, 1.165) is 19.5 Å². The first-order valence-electron chi connectivity index (χ1n) is 7.65. The molecule has 2 amide bonds. The van der Waals surface area contributed by atoms with Crippen LogP contribution in [-0.4, -0.2) is 38.1 Å². The fourth-order valence-corrected chi connectivity index (χ4v) is 2.47. The van der Waals surface area contributed by atoms with Crippen LogP contribution in [0.25, 0.3) is 0 Å². The van der Waals surface area contributed by atoms with Crippen LogP contribution in [-0.2, 0) is 4.79 Å². The molecule has 0 aliphatic carbocycles. The van der Waals surface area contributed by atoms with E-state index in [1.807, 2.05) is 0 Å². The zero-order valence-corrected chi connectivity index (χ0v) is 12.6. The smallest absolute Gasteiger partial charge is 0.248 e. The number of rotatable bonds is 8. The lowest BCUT2D eigenvalue weighted by atomic mass is 10.1. The summed E-state index contributed by atoms with van der Waals surface area (Å²) in [7, 11) is 0. The van der Waals surface area contributed by atoms with E-state index in [-0.39, 0.29) is 12.5 Å². The number of nitrogens with one attached hydrogen (secondary N) is 2. The first-order chi connectivity index (χ1) is 10.6. The summed E-state index contributed by atoms with van der Waals surface area (Å²) in [6.07, 6.45) is 2.50. The third-order valence-corrected chi connectivity index (χ3v) is 3.75. The number of carbonyl (C=O) groups is 2. The molecule has 1 heterocycles. The number of ether oxygens (including phenoxy) is 1. The number of nitrogens with two attached hydrogens (primary N) is 1. The molecule has 1 fully saturated rings. The standard InChI is InChI=1S/C16H23N3O3/c17-16(21)13-2-1-3-14(10-13)22-9-6-15(20)19-8-5-12-4-7-18-11-12/h1-3,10,12,18H,4-9,11H2,(H2,17,21)(H,19,20). The van der Waals surface area contributed by atoms with E-state index in [1.165, 1.54) is 6.42 Å². The lowest BCUT2D eigenvalue weighted by Crippen LogP contribution is -2.27. The summed E-state index contributed by atoms with van der Waals surface area (Å²) in [6, 6.07) is 6.63. The molecule has 2 rings (SSSR count). The number of hydrogen-bond donors (Lipinski definition) is 3. The minimum absolute atomic E-state index is 0.0167. The molecule has 0 saturated carbocycles. The summed E-state index contributed by atoms with van der Waals surface area (Å²) in [6.45, 7) is 3.12. The summed E-state index contributed by atoms with van der Waals surface area (Å²) < 4.78 is 5.47. The molecule has 1 aromatic carbocycles. The predicted octanol–water partition coefficient (Wildman–Crippen LogP) is 0.670. The molecule has 1 atom stereocenters. The Morgan fingerprint density at radius 1 is 1.41 bits per heavy atom. The van der Waals surface area contributed by atoms with E-state index in [2.05, 4.69) is 10.6 Å². The molecule has 0 radical (unpaired) electrons. The van der Waals surface area contributed by atoms with Crippen LogP contribution >= 0.6 is 0 Å². The van der Waals surface area contributed by atoms with Crippen molar-refractivity contribution in [2.75, 3.05) is 26.2 Å². The Bertz CT molecular complexity index is 513. The Morgan fingerprint density at radius 3 is 3.00 bits per heavy atom. The van der Waals surface area contributed by atoms with Crippen LogP contribution < -0.4 is 21.1 Å². The van der Waals surface area contributed by atoms with E-state index in [0.29, 0.717) is 30.2 Å². The van der Waals surface area contributed by atoms with Gasteiger partial charge in [-0.05, 0) is 50.0 Å². The van der Waals surface area contributed by atoms with Gasteiger partial charge in [-0.25, -0.2) is 0 Å². The number of hydrogen-bond acceptors (Lipinski definition) is 4. The predicted molar refractivity (Wildman–Crippen MR) is 83.7 cm³/mol. The molecule has 1 aromatic rings. The molecule has 120 valence electrons. The van der Waals surface area contributed by atoms with Crippen molar-refractivity contribution in [1.29, 1.82) is 0 Å². The number of amides is 2. The minimum Gasteiger partial charge on any atom is -0.493 e. The van der Waals surface area contributed by atoms with Crippen LogP contribution in [0.5, 0.6) is 5.75 Å². The lowest BCUT2D eigenvalue weighted by Gasteiger charge is -2.10. The van der Waals surface area contributed by atoms with Crippen LogP contribution in [0.15, 0.2) is 24.3 Å². The molecule has 0 bridgehead atoms. The van der Waals surface area contributed by atoms with Crippen LogP contribution in [0.4, 0.5) is 0 Å². The van der Waals surface area contributed by atoms with Crippen molar-refractivity contribution in [1.82, 2.24) is 10.6 Å². The van der Waals surface area contributed by atoms with Crippen molar-refractivity contribution in [3.63, 3.8) is 0 Å². The second-order valence-corrected chi connectivity index (χ2v) is 5.49. The van der Waals surface area contributed by atoms with Gasteiger partial charge in [0.05, 0.1) is 13.0 Å². The molecule has 1 aliphatic heterocycles.